The molecule has 4 heteroatoms. The van der Waals surface area contributed by atoms with E-state index in [9.17, 15) is 4.79 Å². The third kappa shape index (κ3) is 3.05. The number of ether oxygens (including phenoxy) is 1. The third-order valence-corrected chi connectivity index (χ3v) is 4.22. The van der Waals surface area contributed by atoms with Crippen molar-refractivity contribution in [3.63, 3.8) is 0 Å². The molecule has 1 fully saturated rings. The molecule has 2 aliphatic heterocycles. The van der Waals surface area contributed by atoms with Crippen LogP contribution in [-0.2, 0) is 16.0 Å². The van der Waals surface area contributed by atoms with Crippen molar-refractivity contribution >= 4 is 17.3 Å². The third-order valence-electron chi connectivity index (χ3n) is 4.22. The summed E-state index contributed by atoms with van der Waals surface area (Å²) in [6.45, 7) is 8.52. The monoisotopic (exact) mass is 288 g/mol. The van der Waals surface area contributed by atoms with Gasteiger partial charge in [0.1, 0.15) is 0 Å². The Balaban J connectivity index is 1.77. The summed E-state index contributed by atoms with van der Waals surface area (Å²) in [5.74, 6) is 0.664. The Hall–Kier alpha value is -1.55. The first-order valence-corrected chi connectivity index (χ1v) is 7.91. The molecule has 1 aromatic rings. The Morgan fingerprint density at radius 1 is 1.24 bits per heavy atom. The summed E-state index contributed by atoms with van der Waals surface area (Å²) in [5, 5.41) is 0. The zero-order valence-electron chi connectivity index (χ0n) is 13.0. The van der Waals surface area contributed by atoms with Crippen molar-refractivity contribution in [1.29, 1.82) is 0 Å². The molecule has 0 spiro atoms. The van der Waals surface area contributed by atoms with E-state index in [0.717, 1.165) is 45.0 Å². The van der Waals surface area contributed by atoms with E-state index < -0.39 is 0 Å². The van der Waals surface area contributed by atoms with Gasteiger partial charge in [0.15, 0.2) is 0 Å². The molecule has 4 nitrogen and oxygen atoms in total. The Morgan fingerprint density at radius 2 is 2.00 bits per heavy atom. The maximum atomic E-state index is 12.3. The average Bonchev–Trinajstić information content (AvgIpc) is 2.90. The first kappa shape index (κ1) is 14.4. The van der Waals surface area contributed by atoms with Crippen LogP contribution in [0.2, 0.25) is 0 Å². The second-order valence-electron chi connectivity index (χ2n) is 6.31. The van der Waals surface area contributed by atoms with E-state index in [2.05, 4.69) is 36.9 Å². The van der Waals surface area contributed by atoms with Gasteiger partial charge in [-0.1, -0.05) is 13.8 Å². The van der Waals surface area contributed by atoms with Crippen LogP contribution < -0.4 is 9.80 Å². The number of hydrogen-bond acceptors (Lipinski definition) is 3. The van der Waals surface area contributed by atoms with Crippen molar-refractivity contribution in [1.82, 2.24) is 0 Å². The average molecular weight is 288 g/mol. The highest BCUT2D eigenvalue weighted by molar-refractivity contribution is 5.95. The SMILES string of the molecule is CC(C)CC(=O)N1CCc2cc(N3CCOCC3)ccc21. The van der Waals surface area contributed by atoms with Crippen LogP contribution in [0, 0.1) is 5.92 Å². The Morgan fingerprint density at radius 3 is 2.71 bits per heavy atom. The maximum Gasteiger partial charge on any atom is 0.227 e. The van der Waals surface area contributed by atoms with Crippen molar-refractivity contribution in [3.05, 3.63) is 23.8 Å². The number of carbonyl (C=O) groups excluding carboxylic acids is 1. The topological polar surface area (TPSA) is 32.8 Å². The lowest BCUT2D eigenvalue weighted by atomic mass is 10.1. The number of nitrogens with zero attached hydrogens (tertiary/aromatic N) is 2. The first-order valence-electron chi connectivity index (χ1n) is 7.91. The lowest BCUT2D eigenvalue weighted by Gasteiger charge is -2.29. The molecule has 0 aromatic heterocycles. The zero-order chi connectivity index (χ0) is 14.8. The van der Waals surface area contributed by atoms with Crippen LogP contribution in [0.4, 0.5) is 11.4 Å². The summed E-state index contributed by atoms with van der Waals surface area (Å²) in [6, 6.07) is 6.51. The van der Waals surface area contributed by atoms with Gasteiger partial charge in [-0.25, -0.2) is 0 Å². The summed E-state index contributed by atoms with van der Waals surface area (Å²) in [4.78, 5) is 16.6. The minimum Gasteiger partial charge on any atom is -0.378 e. The van der Waals surface area contributed by atoms with Crippen LogP contribution in [0.3, 0.4) is 0 Å². The van der Waals surface area contributed by atoms with Gasteiger partial charge in [0.05, 0.1) is 13.2 Å². The molecule has 1 aromatic carbocycles. The van der Waals surface area contributed by atoms with Gasteiger partial charge in [-0.2, -0.15) is 0 Å². The molecule has 114 valence electrons. The highest BCUT2D eigenvalue weighted by atomic mass is 16.5. The quantitative estimate of drug-likeness (QED) is 0.856. The molecule has 21 heavy (non-hydrogen) atoms. The van der Waals surface area contributed by atoms with Gasteiger partial charge in [0.25, 0.3) is 0 Å². The van der Waals surface area contributed by atoms with Crippen molar-refractivity contribution in [2.75, 3.05) is 42.6 Å². The molecule has 0 radical (unpaired) electrons. The second-order valence-corrected chi connectivity index (χ2v) is 6.31. The van der Waals surface area contributed by atoms with Gasteiger partial charge in [0.2, 0.25) is 5.91 Å². The van der Waals surface area contributed by atoms with Gasteiger partial charge in [-0.05, 0) is 36.1 Å². The number of hydrogen-bond donors (Lipinski definition) is 0. The minimum atomic E-state index is 0.253. The molecule has 0 unspecified atom stereocenters. The van der Waals surface area contributed by atoms with Crippen LogP contribution in [-0.4, -0.2) is 38.8 Å². The standard InChI is InChI=1S/C17H24N2O2/c1-13(2)11-17(20)19-6-5-14-12-15(3-4-16(14)19)18-7-9-21-10-8-18/h3-4,12-13H,5-11H2,1-2H3. The molecule has 0 saturated carbocycles. The molecule has 2 aliphatic rings. The normalized spacial score (nSPS) is 18.2. The van der Waals surface area contributed by atoms with Crippen molar-refractivity contribution < 1.29 is 9.53 Å². The molecular formula is C17H24N2O2. The van der Waals surface area contributed by atoms with Crippen LogP contribution in [0.25, 0.3) is 0 Å². The van der Waals surface area contributed by atoms with E-state index in [1.165, 1.54) is 11.3 Å². The van der Waals surface area contributed by atoms with Crippen LogP contribution in [0.5, 0.6) is 0 Å². The fourth-order valence-corrected chi connectivity index (χ4v) is 3.12. The fourth-order valence-electron chi connectivity index (χ4n) is 3.12. The molecule has 3 rings (SSSR count). The van der Waals surface area contributed by atoms with Crippen molar-refractivity contribution in [3.8, 4) is 0 Å². The van der Waals surface area contributed by atoms with E-state index in [-0.39, 0.29) is 5.91 Å². The second kappa shape index (κ2) is 6.06. The highest BCUT2D eigenvalue weighted by Crippen LogP contribution is 2.32. The predicted molar refractivity (Wildman–Crippen MR) is 85.0 cm³/mol. The van der Waals surface area contributed by atoms with Crippen LogP contribution in [0.1, 0.15) is 25.8 Å². The van der Waals surface area contributed by atoms with Crippen LogP contribution >= 0.6 is 0 Å². The first-order chi connectivity index (χ1) is 10.1. The Labute approximate surface area is 126 Å². The van der Waals surface area contributed by atoms with Crippen molar-refractivity contribution in [2.45, 2.75) is 26.7 Å². The minimum absolute atomic E-state index is 0.253. The number of benzene rings is 1. The fraction of sp³-hybridized carbons (Fsp3) is 0.588. The Bertz CT molecular complexity index is 522. The van der Waals surface area contributed by atoms with Crippen LogP contribution in [0.15, 0.2) is 18.2 Å². The van der Waals surface area contributed by atoms with E-state index in [1.54, 1.807) is 0 Å². The van der Waals surface area contributed by atoms with E-state index in [0.29, 0.717) is 12.3 Å². The summed E-state index contributed by atoms with van der Waals surface area (Å²) in [5.41, 5.74) is 3.67. The lowest BCUT2D eigenvalue weighted by Crippen LogP contribution is -2.36. The number of anilines is 2. The number of fused-ring (bicyclic) bond motifs is 1. The number of morpholine rings is 1. The van der Waals surface area contributed by atoms with Gasteiger partial charge >= 0.3 is 0 Å². The van der Waals surface area contributed by atoms with Gasteiger partial charge < -0.3 is 14.5 Å². The number of rotatable bonds is 3. The maximum absolute atomic E-state index is 12.3. The number of amides is 1. The highest BCUT2D eigenvalue weighted by Gasteiger charge is 2.25. The number of carbonyl (C=O) groups is 1. The van der Waals surface area contributed by atoms with Gasteiger partial charge in [-0.15, -0.1) is 0 Å². The smallest absolute Gasteiger partial charge is 0.227 e. The lowest BCUT2D eigenvalue weighted by molar-refractivity contribution is -0.119. The predicted octanol–water partition coefficient (Wildman–Crippen LogP) is 2.46. The molecular weight excluding hydrogens is 264 g/mol. The zero-order valence-corrected chi connectivity index (χ0v) is 13.0. The molecule has 1 saturated heterocycles. The largest absolute Gasteiger partial charge is 0.378 e. The molecule has 2 heterocycles. The van der Waals surface area contributed by atoms with E-state index in [4.69, 9.17) is 4.74 Å². The van der Waals surface area contributed by atoms with Gasteiger partial charge in [0, 0.05) is 37.4 Å². The molecule has 0 N–H and O–H groups in total. The summed E-state index contributed by atoms with van der Waals surface area (Å²) >= 11 is 0. The summed E-state index contributed by atoms with van der Waals surface area (Å²) in [6.07, 6.45) is 1.60. The summed E-state index contributed by atoms with van der Waals surface area (Å²) < 4.78 is 5.40. The molecule has 1 amide bonds. The van der Waals surface area contributed by atoms with Gasteiger partial charge in [-0.3, -0.25) is 4.79 Å². The molecule has 0 atom stereocenters. The Kier molecular flexibility index (Phi) is 4.15. The molecule has 0 aliphatic carbocycles. The van der Waals surface area contributed by atoms with Crippen molar-refractivity contribution in [2.24, 2.45) is 5.92 Å². The van der Waals surface area contributed by atoms with E-state index in [1.807, 2.05) is 4.90 Å². The summed E-state index contributed by atoms with van der Waals surface area (Å²) in [7, 11) is 0. The van der Waals surface area contributed by atoms with E-state index >= 15 is 0 Å². The molecule has 0 bridgehead atoms.